The molecule has 1 heterocycles. The summed E-state index contributed by atoms with van der Waals surface area (Å²) in [6.45, 7) is 0.0286. The molecule has 0 atom stereocenters. The number of hydrogen-bond acceptors (Lipinski definition) is 2. The zero-order valence-electron chi connectivity index (χ0n) is 12.6. The number of halogens is 5. The Kier molecular flexibility index (Phi) is 5.27. The molecule has 0 amide bonds. The summed E-state index contributed by atoms with van der Waals surface area (Å²) in [7, 11) is 0. The average Bonchev–Trinajstić information content (AvgIpc) is 2.99. The minimum absolute atomic E-state index is 0.0286. The first-order chi connectivity index (χ1) is 11.8. The van der Waals surface area contributed by atoms with Crippen molar-refractivity contribution in [3.05, 3.63) is 75.8 Å². The van der Waals surface area contributed by atoms with E-state index in [1.54, 1.807) is 48.5 Å². The van der Waals surface area contributed by atoms with Gasteiger partial charge in [0.25, 0.3) is 0 Å². The number of hydrogen-bond donors (Lipinski definition) is 0. The highest BCUT2D eigenvalue weighted by molar-refractivity contribution is 7.17. The number of ether oxygens (including phenoxy) is 1. The summed E-state index contributed by atoms with van der Waals surface area (Å²) in [4.78, 5) is 0.468. The molecule has 0 saturated carbocycles. The van der Waals surface area contributed by atoms with Crippen molar-refractivity contribution in [2.75, 3.05) is 0 Å². The fraction of sp³-hybridized carbons (Fsp3) is 0.111. The molecule has 0 saturated heterocycles. The van der Waals surface area contributed by atoms with Crippen LogP contribution in [0.15, 0.2) is 54.6 Å². The van der Waals surface area contributed by atoms with Crippen molar-refractivity contribution < 1.29 is 17.9 Å². The van der Waals surface area contributed by atoms with Gasteiger partial charge in [-0.3, -0.25) is 0 Å². The lowest BCUT2D eigenvalue weighted by atomic mass is 10.1. The van der Waals surface area contributed by atoms with Crippen LogP contribution in [0.5, 0.6) is 5.06 Å². The van der Waals surface area contributed by atoms with Crippen LogP contribution in [0.2, 0.25) is 10.0 Å². The Morgan fingerprint density at radius 2 is 1.44 bits per heavy atom. The lowest BCUT2D eigenvalue weighted by Gasteiger charge is -2.09. The van der Waals surface area contributed by atoms with Crippen LogP contribution < -0.4 is 4.74 Å². The standard InChI is InChI=1S/C18H11Cl2F3OS/c19-13-5-1-11(2-6-13)10-24-17-15(18(21,22)23)9-16(25-17)12-3-7-14(20)8-4-12/h1-9H,10H2. The van der Waals surface area contributed by atoms with Crippen LogP contribution in [0.3, 0.4) is 0 Å². The summed E-state index contributed by atoms with van der Waals surface area (Å²) in [5.74, 6) is 0. The molecule has 2 aromatic carbocycles. The quantitative estimate of drug-likeness (QED) is 0.444. The Balaban J connectivity index is 1.88. The number of alkyl halides is 3. The van der Waals surface area contributed by atoms with Crippen LogP contribution in [-0.4, -0.2) is 0 Å². The summed E-state index contributed by atoms with van der Waals surface area (Å²) >= 11 is 12.6. The molecule has 0 aliphatic rings. The third kappa shape index (κ3) is 4.48. The molecule has 0 radical (unpaired) electrons. The summed E-state index contributed by atoms with van der Waals surface area (Å²) in [6.07, 6.45) is -4.49. The molecular formula is C18H11Cl2F3OS. The van der Waals surface area contributed by atoms with Gasteiger partial charge in [-0.25, -0.2) is 0 Å². The van der Waals surface area contributed by atoms with Crippen LogP contribution in [0.1, 0.15) is 11.1 Å². The molecule has 0 bridgehead atoms. The fourth-order valence-corrected chi connectivity index (χ4v) is 3.45. The fourth-order valence-electron chi connectivity index (χ4n) is 2.17. The molecule has 0 N–H and O–H groups in total. The molecule has 0 aliphatic heterocycles. The van der Waals surface area contributed by atoms with Gasteiger partial charge in [-0.2, -0.15) is 13.2 Å². The van der Waals surface area contributed by atoms with E-state index < -0.39 is 11.7 Å². The lowest BCUT2D eigenvalue weighted by Crippen LogP contribution is -2.06. The van der Waals surface area contributed by atoms with Crippen LogP contribution >= 0.6 is 34.5 Å². The van der Waals surface area contributed by atoms with E-state index in [1.165, 1.54) is 0 Å². The van der Waals surface area contributed by atoms with Gasteiger partial charge in [-0.15, -0.1) is 0 Å². The molecule has 0 aliphatic carbocycles. The zero-order chi connectivity index (χ0) is 18.0. The highest BCUT2D eigenvalue weighted by Gasteiger charge is 2.36. The normalized spacial score (nSPS) is 11.6. The van der Waals surface area contributed by atoms with Crippen LogP contribution in [0.25, 0.3) is 10.4 Å². The van der Waals surface area contributed by atoms with E-state index in [2.05, 4.69) is 0 Å². The Labute approximate surface area is 156 Å². The first-order valence-electron chi connectivity index (χ1n) is 7.17. The maximum atomic E-state index is 13.3. The summed E-state index contributed by atoms with van der Waals surface area (Å²) < 4.78 is 45.4. The number of rotatable bonds is 4. The maximum Gasteiger partial charge on any atom is 0.420 e. The van der Waals surface area contributed by atoms with Crippen LogP contribution in [-0.2, 0) is 12.8 Å². The van der Waals surface area contributed by atoms with E-state index in [0.717, 1.165) is 23.0 Å². The zero-order valence-corrected chi connectivity index (χ0v) is 14.9. The van der Waals surface area contributed by atoms with Crippen molar-refractivity contribution in [3.8, 4) is 15.5 Å². The van der Waals surface area contributed by atoms with Crippen molar-refractivity contribution in [1.29, 1.82) is 0 Å². The second-order valence-electron chi connectivity index (χ2n) is 5.23. The highest BCUT2D eigenvalue weighted by Crippen LogP contribution is 2.45. The van der Waals surface area contributed by atoms with Gasteiger partial charge in [0.1, 0.15) is 12.2 Å². The summed E-state index contributed by atoms with van der Waals surface area (Å²) in [6, 6.07) is 14.5. The molecular weight excluding hydrogens is 392 g/mol. The Bertz CT molecular complexity index is 856. The largest absolute Gasteiger partial charge is 0.479 e. The second-order valence-corrected chi connectivity index (χ2v) is 7.12. The third-order valence-electron chi connectivity index (χ3n) is 3.42. The second kappa shape index (κ2) is 7.28. The molecule has 3 aromatic rings. The van der Waals surface area contributed by atoms with E-state index in [0.29, 0.717) is 20.5 Å². The Morgan fingerprint density at radius 3 is 2.00 bits per heavy atom. The number of thiophene rings is 1. The van der Waals surface area contributed by atoms with Gasteiger partial charge in [0, 0.05) is 14.9 Å². The molecule has 1 nitrogen and oxygen atoms in total. The lowest BCUT2D eigenvalue weighted by molar-refractivity contribution is -0.138. The van der Waals surface area contributed by atoms with Crippen molar-refractivity contribution in [3.63, 3.8) is 0 Å². The van der Waals surface area contributed by atoms with Crippen LogP contribution in [0, 0.1) is 0 Å². The van der Waals surface area contributed by atoms with Gasteiger partial charge in [0.05, 0.1) is 0 Å². The molecule has 130 valence electrons. The predicted octanol–water partition coefficient (Wildman–Crippen LogP) is 7.32. The molecule has 3 rings (SSSR count). The molecule has 7 heteroatoms. The minimum Gasteiger partial charge on any atom is -0.479 e. The SMILES string of the molecule is FC(F)(F)c1cc(-c2ccc(Cl)cc2)sc1OCc1ccc(Cl)cc1. The maximum absolute atomic E-state index is 13.3. The minimum atomic E-state index is -4.49. The van der Waals surface area contributed by atoms with E-state index in [4.69, 9.17) is 27.9 Å². The van der Waals surface area contributed by atoms with Crippen LogP contribution in [0.4, 0.5) is 13.2 Å². The van der Waals surface area contributed by atoms with Gasteiger partial charge in [0.2, 0.25) is 0 Å². The van der Waals surface area contributed by atoms with Gasteiger partial charge < -0.3 is 4.74 Å². The first kappa shape index (κ1) is 18.1. The first-order valence-corrected chi connectivity index (χ1v) is 8.74. The van der Waals surface area contributed by atoms with Crippen molar-refractivity contribution >= 4 is 34.5 Å². The Morgan fingerprint density at radius 1 is 0.880 bits per heavy atom. The van der Waals surface area contributed by atoms with E-state index in [-0.39, 0.29) is 11.7 Å². The third-order valence-corrected chi connectivity index (χ3v) is 5.02. The van der Waals surface area contributed by atoms with Gasteiger partial charge in [-0.05, 0) is 41.5 Å². The van der Waals surface area contributed by atoms with Crippen molar-refractivity contribution in [1.82, 2.24) is 0 Å². The van der Waals surface area contributed by atoms with E-state index in [1.807, 2.05) is 0 Å². The summed E-state index contributed by atoms with van der Waals surface area (Å²) in [5, 5.41) is 0.920. The molecule has 1 aromatic heterocycles. The smallest absolute Gasteiger partial charge is 0.420 e. The molecule has 0 unspecified atom stereocenters. The monoisotopic (exact) mass is 402 g/mol. The van der Waals surface area contributed by atoms with Gasteiger partial charge in [0.15, 0.2) is 5.06 Å². The highest BCUT2D eigenvalue weighted by atomic mass is 35.5. The van der Waals surface area contributed by atoms with E-state index >= 15 is 0 Å². The topological polar surface area (TPSA) is 9.23 Å². The molecule has 25 heavy (non-hydrogen) atoms. The predicted molar refractivity (Wildman–Crippen MR) is 95.6 cm³/mol. The molecule has 0 spiro atoms. The van der Waals surface area contributed by atoms with E-state index in [9.17, 15) is 13.2 Å². The van der Waals surface area contributed by atoms with Crippen molar-refractivity contribution in [2.24, 2.45) is 0 Å². The Hall–Kier alpha value is -1.69. The molecule has 0 fully saturated rings. The average molecular weight is 403 g/mol. The van der Waals surface area contributed by atoms with Crippen molar-refractivity contribution in [2.45, 2.75) is 12.8 Å². The number of benzene rings is 2. The van der Waals surface area contributed by atoms with Gasteiger partial charge >= 0.3 is 6.18 Å². The summed E-state index contributed by atoms with van der Waals surface area (Å²) in [5.41, 5.74) is 0.608. The van der Waals surface area contributed by atoms with Gasteiger partial charge in [-0.1, -0.05) is 58.8 Å².